The van der Waals surface area contributed by atoms with E-state index in [-0.39, 0.29) is 5.91 Å². The number of amides is 1. The van der Waals surface area contributed by atoms with E-state index in [9.17, 15) is 4.79 Å². The van der Waals surface area contributed by atoms with Gasteiger partial charge in [0.15, 0.2) is 0 Å². The maximum Gasteiger partial charge on any atom is 0.224 e. The van der Waals surface area contributed by atoms with Crippen LogP contribution in [0.5, 0.6) is 5.75 Å². The summed E-state index contributed by atoms with van der Waals surface area (Å²) in [7, 11) is 1.59. The molecule has 0 unspecified atom stereocenters. The van der Waals surface area contributed by atoms with Crippen LogP contribution in [0.1, 0.15) is 23.1 Å². The van der Waals surface area contributed by atoms with Crippen LogP contribution >= 0.6 is 11.6 Å². The quantitative estimate of drug-likeness (QED) is 0.879. The molecule has 0 spiro atoms. The van der Waals surface area contributed by atoms with Crippen LogP contribution in [0.3, 0.4) is 0 Å². The van der Waals surface area contributed by atoms with Gasteiger partial charge in [0.25, 0.3) is 0 Å². The van der Waals surface area contributed by atoms with Gasteiger partial charge >= 0.3 is 0 Å². The number of nitrogens with one attached hydrogen (secondary N) is 1. The lowest BCUT2D eigenvalue weighted by Crippen LogP contribution is -2.13. The number of methoxy groups -OCH3 is 1. The summed E-state index contributed by atoms with van der Waals surface area (Å²) in [4.78, 5) is 12.1. The topological polar surface area (TPSA) is 38.3 Å². The molecule has 0 heterocycles. The second-order valence-electron chi connectivity index (χ2n) is 5.34. The summed E-state index contributed by atoms with van der Waals surface area (Å²) >= 11 is 6.10. The molecule has 0 aliphatic carbocycles. The lowest BCUT2D eigenvalue weighted by molar-refractivity contribution is -0.116. The first-order chi connectivity index (χ1) is 10.5. The zero-order valence-corrected chi connectivity index (χ0v) is 13.8. The molecule has 3 nitrogen and oxygen atoms in total. The Balaban J connectivity index is 1.98. The van der Waals surface area contributed by atoms with Crippen LogP contribution < -0.4 is 10.1 Å². The van der Waals surface area contributed by atoms with E-state index >= 15 is 0 Å². The molecule has 22 heavy (non-hydrogen) atoms. The van der Waals surface area contributed by atoms with Gasteiger partial charge in [-0.05, 0) is 55.2 Å². The van der Waals surface area contributed by atoms with Gasteiger partial charge in [0.2, 0.25) is 5.91 Å². The Morgan fingerprint density at radius 1 is 1.18 bits per heavy atom. The van der Waals surface area contributed by atoms with Crippen molar-refractivity contribution in [2.24, 2.45) is 0 Å². The number of anilines is 1. The Kier molecular flexibility index (Phi) is 5.45. The third kappa shape index (κ3) is 4.25. The molecule has 4 heteroatoms. The highest BCUT2D eigenvalue weighted by Crippen LogP contribution is 2.25. The SMILES string of the molecule is COc1ccc(C)cc1NC(=O)CCc1ccc(C)c(Cl)c1. The molecule has 0 aliphatic heterocycles. The van der Waals surface area contributed by atoms with Gasteiger partial charge in [0.05, 0.1) is 12.8 Å². The van der Waals surface area contributed by atoms with Crippen molar-refractivity contribution in [2.75, 3.05) is 12.4 Å². The summed E-state index contributed by atoms with van der Waals surface area (Å²) in [5.74, 6) is 0.623. The molecular formula is C18H20ClNO2. The molecular weight excluding hydrogens is 298 g/mol. The highest BCUT2D eigenvalue weighted by Gasteiger charge is 2.08. The lowest BCUT2D eigenvalue weighted by atomic mass is 10.1. The number of aryl methyl sites for hydroxylation is 3. The van der Waals surface area contributed by atoms with E-state index in [1.807, 2.05) is 50.2 Å². The van der Waals surface area contributed by atoms with E-state index in [4.69, 9.17) is 16.3 Å². The Morgan fingerprint density at radius 3 is 2.64 bits per heavy atom. The summed E-state index contributed by atoms with van der Waals surface area (Å²) < 4.78 is 5.26. The summed E-state index contributed by atoms with van der Waals surface area (Å²) in [5, 5.41) is 3.64. The van der Waals surface area contributed by atoms with Crippen LogP contribution in [-0.4, -0.2) is 13.0 Å². The minimum Gasteiger partial charge on any atom is -0.495 e. The molecule has 1 amide bonds. The zero-order chi connectivity index (χ0) is 16.1. The van der Waals surface area contributed by atoms with E-state index in [1.54, 1.807) is 7.11 Å². The molecule has 0 aliphatic rings. The van der Waals surface area contributed by atoms with Gasteiger partial charge in [-0.2, -0.15) is 0 Å². The van der Waals surface area contributed by atoms with E-state index in [1.165, 1.54) is 0 Å². The Hall–Kier alpha value is -2.00. The molecule has 0 bridgehead atoms. The number of carbonyl (C=O) groups is 1. The molecule has 1 N–H and O–H groups in total. The molecule has 2 aromatic carbocycles. The molecule has 116 valence electrons. The maximum absolute atomic E-state index is 12.1. The minimum absolute atomic E-state index is 0.0411. The first-order valence-corrected chi connectivity index (χ1v) is 7.57. The number of rotatable bonds is 5. The molecule has 0 atom stereocenters. The van der Waals surface area contributed by atoms with Gasteiger partial charge < -0.3 is 10.1 Å². The molecule has 0 fully saturated rings. The monoisotopic (exact) mass is 317 g/mol. The smallest absolute Gasteiger partial charge is 0.224 e. The number of halogens is 1. The molecule has 0 saturated carbocycles. The van der Waals surface area contributed by atoms with Gasteiger partial charge in [-0.3, -0.25) is 4.79 Å². The van der Waals surface area contributed by atoms with Gasteiger partial charge in [0, 0.05) is 11.4 Å². The second kappa shape index (κ2) is 7.32. The first kappa shape index (κ1) is 16.4. The van der Waals surface area contributed by atoms with Crippen LogP contribution in [0.25, 0.3) is 0 Å². The largest absolute Gasteiger partial charge is 0.495 e. The second-order valence-corrected chi connectivity index (χ2v) is 5.74. The third-order valence-electron chi connectivity index (χ3n) is 3.51. The van der Waals surface area contributed by atoms with Crippen molar-refractivity contribution in [1.29, 1.82) is 0 Å². The molecule has 0 aromatic heterocycles. The van der Waals surface area contributed by atoms with Gasteiger partial charge in [-0.15, -0.1) is 0 Å². The van der Waals surface area contributed by atoms with Crippen LogP contribution in [-0.2, 0) is 11.2 Å². The number of ether oxygens (including phenoxy) is 1. The summed E-state index contributed by atoms with van der Waals surface area (Å²) in [6.45, 7) is 3.94. The average molecular weight is 318 g/mol. The first-order valence-electron chi connectivity index (χ1n) is 7.19. The normalized spacial score (nSPS) is 10.4. The summed E-state index contributed by atoms with van der Waals surface area (Å²) in [6, 6.07) is 11.6. The number of carbonyl (C=O) groups excluding carboxylic acids is 1. The minimum atomic E-state index is -0.0411. The van der Waals surface area contributed by atoms with Gasteiger partial charge in [-0.25, -0.2) is 0 Å². The van der Waals surface area contributed by atoms with Crippen molar-refractivity contribution in [2.45, 2.75) is 26.7 Å². The van der Waals surface area contributed by atoms with Crippen LogP contribution in [0.4, 0.5) is 5.69 Å². The summed E-state index contributed by atoms with van der Waals surface area (Å²) in [5.41, 5.74) is 3.87. The van der Waals surface area contributed by atoms with E-state index in [2.05, 4.69) is 5.32 Å². The fourth-order valence-electron chi connectivity index (χ4n) is 2.18. The third-order valence-corrected chi connectivity index (χ3v) is 3.91. The van der Waals surface area contributed by atoms with Gasteiger partial charge in [-0.1, -0.05) is 29.8 Å². The van der Waals surface area contributed by atoms with E-state index in [0.717, 1.165) is 21.7 Å². The maximum atomic E-state index is 12.1. The van der Waals surface area contributed by atoms with Crippen LogP contribution in [0.2, 0.25) is 5.02 Å². The highest BCUT2D eigenvalue weighted by atomic mass is 35.5. The molecule has 0 saturated heterocycles. The fraction of sp³-hybridized carbons (Fsp3) is 0.278. The van der Waals surface area contributed by atoms with E-state index in [0.29, 0.717) is 24.3 Å². The number of benzene rings is 2. The van der Waals surface area contributed by atoms with Gasteiger partial charge in [0.1, 0.15) is 5.75 Å². The zero-order valence-electron chi connectivity index (χ0n) is 13.1. The fourth-order valence-corrected chi connectivity index (χ4v) is 2.39. The number of hydrogen-bond acceptors (Lipinski definition) is 2. The Bertz CT molecular complexity index is 683. The summed E-state index contributed by atoms with van der Waals surface area (Å²) in [6.07, 6.45) is 1.05. The molecule has 2 aromatic rings. The Morgan fingerprint density at radius 2 is 1.95 bits per heavy atom. The van der Waals surface area contributed by atoms with Crippen molar-refractivity contribution < 1.29 is 9.53 Å². The average Bonchev–Trinajstić information content (AvgIpc) is 2.49. The molecule has 2 rings (SSSR count). The van der Waals surface area contributed by atoms with Crippen LogP contribution in [0, 0.1) is 13.8 Å². The van der Waals surface area contributed by atoms with Crippen molar-refractivity contribution in [1.82, 2.24) is 0 Å². The predicted octanol–water partition coefficient (Wildman–Crippen LogP) is 4.54. The predicted molar refractivity (Wildman–Crippen MR) is 90.9 cm³/mol. The van der Waals surface area contributed by atoms with Crippen molar-refractivity contribution in [3.05, 3.63) is 58.1 Å². The van der Waals surface area contributed by atoms with Crippen molar-refractivity contribution >= 4 is 23.2 Å². The number of hydrogen-bond donors (Lipinski definition) is 1. The van der Waals surface area contributed by atoms with Crippen molar-refractivity contribution in [3.8, 4) is 5.75 Å². The van der Waals surface area contributed by atoms with Crippen molar-refractivity contribution in [3.63, 3.8) is 0 Å². The van der Waals surface area contributed by atoms with Crippen LogP contribution in [0.15, 0.2) is 36.4 Å². The lowest BCUT2D eigenvalue weighted by Gasteiger charge is -2.11. The Labute approximate surface area is 136 Å². The van der Waals surface area contributed by atoms with E-state index < -0.39 is 0 Å². The standard InChI is InChI=1S/C18H20ClNO2/c1-12-4-8-17(22-3)16(10-12)20-18(21)9-7-14-6-5-13(2)15(19)11-14/h4-6,8,10-11H,7,9H2,1-3H3,(H,20,21). The molecule has 0 radical (unpaired) electrons. The highest BCUT2D eigenvalue weighted by molar-refractivity contribution is 6.31.